The van der Waals surface area contributed by atoms with Crippen LogP contribution in [-0.4, -0.2) is 54.1 Å². The highest BCUT2D eigenvalue weighted by atomic mass is 32.2. The van der Waals surface area contributed by atoms with Gasteiger partial charge in [0, 0.05) is 107 Å². The Hall–Kier alpha value is -9.22. The standard InChI is InChI=1S/C22H23NO.C21H21NOS.C21H21NO.C20H19NOS/c1-15(2)13-17-8-11-18(12-9-17)21(24)14-20-6-4-5-19-10-7-16(3)23-22(19)20;1-14(2)24-19-11-9-16(10-12-19)20(23)13-18-6-4-5-17-8-7-15(3)22-21(17)18;1-3-5-16-9-12-17(13-10-16)20(23)14-19-7-4-6-18-11-8-15(2)22-21(18)19;1-3-23-18-11-9-15(10-12-18)19(22)13-17-6-4-5-16-8-7-14(2)21-20(16)17/h4-12,15H,13-14H2,1-3H3;4-12,14H,13H2,1-3H3;4,6-13H,3,5,14H2,1-2H3;4-12H,3,13H2,1-2H3. The van der Waals surface area contributed by atoms with Gasteiger partial charge in [0.15, 0.2) is 23.1 Å². The molecule has 0 aliphatic rings. The Balaban J connectivity index is 0.000000148. The zero-order chi connectivity index (χ0) is 66.7. The maximum Gasteiger partial charge on any atom is 0.167 e. The minimum Gasteiger partial charge on any atom is -0.294 e. The fourth-order valence-electron chi connectivity index (χ4n) is 11.2. The van der Waals surface area contributed by atoms with Gasteiger partial charge in [-0.15, -0.1) is 23.5 Å². The molecule has 0 radical (unpaired) electrons. The molecule has 0 saturated carbocycles. The number of nitrogens with zero attached hydrogens (tertiary/aromatic N) is 4. The normalized spacial score (nSPS) is 11.0. The van der Waals surface area contributed by atoms with Crippen LogP contribution in [0.4, 0.5) is 0 Å². The third-order valence-electron chi connectivity index (χ3n) is 15.9. The predicted molar refractivity (Wildman–Crippen MR) is 394 cm³/mol. The first-order valence-electron chi connectivity index (χ1n) is 32.6. The summed E-state index contributed by atoms with van der Waals surface area (Å²) in [5, 5.41) is 4.86. The summed E-state index contributed by atoms with van der Waals surface area (Å²) >= 11 is 3.59. The zero-order valence-corrected chi connectivity index (χ0v) is 57.5. The molecule has 94 heavy (non-hydrogen) atoms. The molecule has 0 bridgehead atoms. The van der Waals surface area contributed by atoms with Crippen molar-refractivity contribution in [3.63, 3.8) is 0 Å². The fraction of sp³-hybridized carbons (Fsp3) is 0.238. The highest BCUT2D eigenvalue weighted by Gasteiger charge is 2.16. The second-order valence-electron chi connectivity index (χ2n) is 24.6. The minimum atomic E-state index is 0.131. The van der Waals surface area contributed by atoms with E-state index < -0.39 is 0 Å². The molecule has 12 aromatic rings. The van der Waals surface area contributed by atoms with Crippen molar-refractivity contribution in [1.82, 2.24) is 19.9 Å². The van der Waals surface area contributed by atoms with E-state index in [1.807, 2.05) is 198 Å². The second kappa shape index (κ2) is 33.6. The van der Waals surface area contributed by atoms with E-state index in [0.717, 1.165) is 136 Å². The van der Waals surface area contributed by atoms with Crippen molar-refractivity contribution in [2.45, 2.75) is 129 Å². The summed E-state index contributed by atoms with van der Waals surface area (Å²) < 4.78 is 0. The number of ketones is 4. The lowest BCUT2D eigenvalue weighted by atomic mass is 9.97. The lowest BCUT2D eigenvalue weighted by molar-refractivity contribution is 0.0985. The van der Waals surface area contributed by atoms with Crippen LogP contribution in [0.25, 0.3) is 43.6 Å². The van der Waals surface area contributed by atoms with Crippen LogP contribution in [0.5, 0.6) is 0 Å². The van der Waals surface area contributed by atoms with Gasteiger partial charge in [-0.3, -0.25) is 39.1 Å². The maximum atomic E-state index is 12.6. The molecular formula is C84H84N4O4S2. The van der Waals surface area contributed by atoms with Crippen LogP contribution in [0.3, 0.4) is 0 Å². The summed E-state index contributed by atoms with van der Waals surface area (Å²) in [6.45, 7) is 20.9. The van der Waals surface area contributed by atoms with E-state index >= 15 is 0 Å². The van der Waals surface area contributed by atoms with Gasteiger partial charge in [0.25, 0.3) is 0 Å². The van der Waals surface area contributed by atoms with E-state index in [4.69, 9.17) is 0 Å². The topological polar surface area (TPSA) is 120 Å². The third-order valence-corrected chi connectivity index (χ3v) is 17.9. The largest absolute Gasteiger partial charge is 0.294 e. The summed E-state index contributed by atoms with van der Waals surface area (Å²) in [5.41, 5.74) is 17.2. The van der Waals surface area contributed by atoms with Crippen molar-refractivity contribution in [2.75, 3.05) is 5.75 Å². The smallest absolute Gasteiger partial charge is 0.167 e. The summed E-state index contributed by atoms with van der Waals surface area (Å²) in [6, 6.07) is 72.2. The van der Waals surface area contributed by atoms with Crippen molar-refractivity contribution in [3.8, 4) is 0 Å². The van der Waals surface area contributed by atoms with Gasteiger partial charge in [-0.25, -0.2) is 0 Å². The van der Waals surface area contributed by atoms with Crippen LogP contribution >= 0.6 is 23.5 Å². The first-order chi connectivity index (χ1) is 45.4. The van der Waals surface area contributed by atoms with Crippen molar-refractivity contribution in [2.24, 2.45) is 5.92 Å². The van der Waals surface area contributed by atoms with Crippen LogP contribution in [0.15, 0.2) is 228 Å². The first-order valence-corrected chi connectivity index (χ1v) is 34.5. The molecule has 476 valence electrons. The Morgan fingerprint density at radius 1 is 0.351 bits per heavy atom. The molecule has 0 saturated heterocycles. The SMILES string of the molecule is CCCc1ccc(C(=O)Cc2cccc3ccc(C)nc23)cc1.CCSc1ccc(C(=O)Cc2cccc3ccc(C)nc23)cc1.Cc1ccc2cccc(CC(=O)c3ccc(CC(C)C)cc3)c2n1.Cc1ccc2cccc(CC(=O)c3ccc(SC(C)C)cc3)c2n1. The number of hydrogen-bond donors (Lipinski definition) is 0. The number of thioether (sulfide) groups is 2. The molecule has 0 aliphatic carbocycles. The zero-order valence-electron chi connectivity index (χ0n) is 55.8. The van der Waals surface area contributed by atoms with Crippen LogP contribution in [-0.2, 0) is 38.5 Å². The summed E-state index contributed by atoms with van der Waals surface area (Å²) in [6.07, 6.45) is 4.76. The number of fused-ring (bicyclic) bond motifs is 4. The lowest BCUT2D eigenvalue weighted by Crippen LogP contribution is -2.05. The predicted octanol–water partition coefficient (Wildman–Crippen LogP) is 20.6. The van der Waals surface area contributed by atoms with Crippen LogP contribution in [0.2, 0.25) is 0 Å². The molecule has 10 heteroatoms. The van der Waals surface area contributed by atoms with Crippen molar-refractivity contribution in [3.05, 3.63) is 297 Å². The van der Waals surface area contributed by atoms with E-state index in [1.165, 1.54) is 20.9 Å². The van der Waals surface area contributed by atoms with E-state index in [9.17, 15) is 19.2 Å². The number of rotatable bonds is 20. The Labute approximate surface area is 563 Å². The minimum absolute atomic E-state index is 0.131. The molecule has 0 aliphatic heterocycles. The molecule has 4 aromatic heterocycles. The van der Waals surface area contributed by atoms with Crippen molar-refractivity contribution in [1.29, 1.82) is 0 Å². The fourth-order valence-corrected chi connectivity index (χ4v) is 12.7. The Morgan fingerprint density at radius 2 is 0.649 bits per heavy atom. The van der Waals surface area contributed by atoms with Gasteiger partial charge in [-0.05, 0) is 134 Å². The quantitative estimate of drug-likeness (QED) is 0.0539. The summed E-state index contributed by atoms with van der Waals surface area (Å²) in [5.74, 6) is 2.21. The highest BCUT2D eigenvalue weighted by molar-refractivity contribution is 8.00. The first kappa shape index (κ1) is 69.1. The molecule has 0 atom stereocenters. The maximum absolute atomic E-state index is 12.6. The number of hydrogen-bond acceptors (Lipinski definition) is 10. The molecule has 0 amide bonds. The highest BCUT2D eigenvalue weighted by Crippen LogP contribution is 2.27. The Bertz CT molecular complexity index is 4290. The van der Waals surface area contributed by atoms with E-state index in [1.54, 1.807) is 23.5 Å². The molecule has 0 N–H and O–H groups in total. The van der Waals surface area contributed by atoms with E-state index in [-0.39, 0.29) is 23.1 Å². The molecule has 8 nitrogen and oxygen atoms in total. The molecule has 0 spiro atoms. The average Bonchev–Trinajstić information content (AvgIpc) is 0.984. The van der Waals surface area contributed by atoms with Crippen molar-refractivity contribution >= 4 is 90.3 Å². The second-order valence-corrected chi connectivity index (χ2v) is 27.5. The molecule has 0 unspecified atom stereocenters. The molecule has 8 aromatic carbocycles. The molecule has 4 heterocycles. The van der Waals surface area contributed by atoms with Crippen LogP contribution < -0.4 is 0 Å². The number of Topliss-reactive ketones (excluding diaryl/α,β-unsaturated/α-hetero) is 4. The number of para-hydroxylation sites is 4. The average molecular weight is 1280 g/mol. The number of benzene rings is 8. The summed E-state index contributed by atoms with van der Waals surface area (Å²) in [7, 11) is 0. The monoisotopic (exact) mass is 1280 g/mol. The van der Waals surface area contributed by atoms with Gasteiger partial charge in [-0.1, -0.05) is 218 Å². The van der Waals surface area contributed by atoms with Gasteiger partial charge in [0.1, 0.15) is 0 Å². The Morgan fingerprint density at radius 3 is 0.936 bits per heavy atom. The number of carbonyl (C=O) groups excluding carboxylic acids is 4. The molecule has 12 rings (SSSR count). The van der Waals surface area contributed by atoms with Crippen LogP contribution in [0, 0.1) is 33.6 Å². The number of carbonyl (C=O) groups is 4. The van der Waals surface area contributed by atoms with Crippen LogP contribution in [0.1, 0.15) is 146 Å². The van der Waals surface area contributed by atoms with Gasteiger partial charge in [0.05, 0.1) is 22.1 Å². The third kappa shape index (κ3) is 19.4. The number of pyridine rings is 4. The van der Waals surface area contributed by atoms with Crippen molar-refractivity contribution < 1.29 is 19.2 Å². The van der Waals surface area contributed by atoms with Gasteiger partial charge in [-0.2, -0.15) is 0 Å². The number of aromatic nitrogens is 4. The van der Waals surface area contributed by atoms with Gasteiger partial charge < -0.3 is 0 Å². The van der Waals surface area contributed by atoms with Gasteiger partial charge in [0.2, 0.25) is 0 Å². The molecular weight excluding hydrogens is 1190 g/mol. The Kier molecular flexibility index (Phi) is 24.7. The summed E-state index contributed by atoms with van der Waals surface area (Å²) in [4.78, 5) is 71.3. The lowest BCUT2D eigenvalue weighted by Gasteiger charge is -2.08. The van der Waals surface area contributed by atoms with Gasteiger partial charge >= 0.3 is 0 Å². The van der Waals surface area contributed by atoms with E-state index in [0.29, 0.717) is 36.9 Å². The number of aryl methyl sites for hydroxylation is 5. The van der Waals surface area contributed by atoms with E-state index in [2.05, 4.69) is 110 Å². The molecule has 0 fully saturated rings.